The van der Waals surface area contributed by atoms with Gasteiger partial charge in [0.05, 0.1) is 5.56 Å². The monoisotopic (exact) mass is 446 g/mol. The molecule has 0 unspecified atom stereocenters. The maximum Gasteiger partial charge on any atom is 0.416 e. The fourth-order valence-corrected chi connectivity index (χ4v) is 3.77. The minimum absolute atomic E-state index is 0.607. The first-order valence-electron chi connectivity index (χ1n) is 10.0. The molecular formula is C24H22ClF3N2O. The molecule has 162 valence electrons. The highest BCUT2D eigenvalue weighted by Crippen LogP contribution is 2.32. The molecule has 0 aliphatic carbocycles. The summed E-state index contributed by atoms with van der Waals surface area (Å²) in [5.74, 6) is 1.47. The van der Waals surface area contributed by atoms with Crippen LogP contribution in [0.3, 0.4) is 0 Å². The number of alkyl halides is 3. The first kappa shape index (κ1) is 21.5. The number of benzene rings is 3. The third-order valence-electron chi connectivity index (χ3n) is 5.26. The number of halogens is 4. The van der Waals surface area contributed by atoms with E-state index >= 15 is 0 Å². The van der Waals surface area contributed by atoms with Crippen LogP contribution < -0.4 is 9.64 Å². The highest BCUT2D eigenvalue weighted by molar-refractivity contribution is 6.30. The van der Waals surface area contributed by atoms with E-state index in [0.29, 0.717) is 23.8 Å². The van der Waals surface area contributed by atoms with Crippen LogP contribution in [0.2, 0.25) is 5.02 Å². The molecule has 1 aliphatic heterocycles. The van der Waals surface area contributed by atoms with Crippen molar-refractivity contribution >= 4 is 17.3 Å². The first-order valence-corrected chi connectivity index (χ1v) is 10.4. The summed E-state index contributed by atoms with van der Waals surface area (Å²) in [6.45, 7) is 3.68. The summed E-state index contributed by atoms with van der Waals surface area (Å²) in [7, 11) is 0. The number of hydrogen-bond acceptors (Lipinski definition) is 3. The largest absolute Gasteiger partial charge is 0.457 e. The number of rotatable bonds is 5. The molecule has 1 fully saturated rings. The molecule has 31 heavy (non-hydrogen) atoms. The molecule has 0 bridgehead atoms. The van der Waals surface area contributed by atoms with Gasteiger partial charge in [0, 0.05) is 43.4 Å². The van der Waals surface area contributed by atoms with Gasteiger partial charge < -0.3 is 9.64 Å². The van der Waals surface area contributed by atoms with Crippen LogP contribution in [0.4, 0.5) is 18.9 Å². The van der Waals surface area contributed by atoms with Gasteiger partial charge in [0.25, 0.3) is 0 Å². The van der Waals surface area contributed by atoms with Crippen LogP contribution in [-0.4, -0.2) is 31.1 Å². The van der Waals surface area contributed by atoms with E-state index in [9.17, 15) is 13.2 Å². The third kappa shape index (κ3) is 5.71. The van der Waals surface area contributed by atoms with Gasteiger partial charge in [-0.3, -0.25) is 4.90 Å². The zero-order valence-electron chi connectivity index (χ0n) is 16.8. The molecule has 1 heterocycles. The van der Waals surface area contributed by atoms with Crippen molar-refractivity contribution < 1.29 is 17.9 Å². The second-order valence-corrected chi connectivity index (χ2v) is 7.95. The van der Waals surface area contributed by atoms with Crippen molar-refractivity contribution in [1.82, 2.24) is 4.90 Å². The summed E-state index contributed by atoms with van der Waals surface area (Å²) in [6.07, 6.45) is -4.32. The maximum absolute atomic E-state index is 13.0. The fourth-order valence-electron chi connectivity index (χ4n) is 3.65. The average Bonchev–Trinajstić information content (AvgIpc) is 2.76. The van der Waals surface area contributed by atoms with Gasteiger partial charge in [-0.1, -0.05) is 29.8 Å². The summed E-state index contributed by atoms with van der Waals surface area (Å²) in [4.78, 5) is 4.30. The van der Waals surface area contributed by atoms with Crippen LogP contribution in [0.15, 0.2) is 72.8 Å². The number of hydrogen-bond donors (Lipinski definition) is 0. The van der Waals surface area contributed by atoms with Gasteiger partial charge in [-0.15, -0.1) is 0 Å². The lowest BCUT2D eigenvalue weighted by molar-refractivity contribution is -0.137. The smallest absolute Gasteiger partial charge is 0.416 e. The molecule has 0 saturated carbocycles. The second kappa shape index (κ2) is 9.20. The first-order chi connectivity index (χ1) is 14.9. The fraction of sp³-hybridized carbons (Fsp3) is 0.250. The molecule has 1 aliphatic rings. The van der Waals surface area contributed by atoms with E-state index in [1.807, 2.05) is 41.3 Å². The molecule has 0 N–H and O–H groups in total. The van der Waals surface area contributed by atoms with Crippen molar-refractivity contribution in [1.29, 1.82) is 0 Å². The number of piperazine rings is 1. The van der Waals surface area contributed by atoms with Crippen LogP contribution in [-0.2, 0) is 12.7 Å². The molecule has 0 radical (unpaired) electrons. The van der Waals surface area contributed by atoms with Crippen LogP contribution in [0.1, 0.15) is 11.1 Å². The van der Waals surface area contributed by atoms with Crippen molar-refractivity contribution in [3.8, 4) is 11.5 Å². The molecule has 4 rings (SSSR count). The van der Waals surface area contributed by atoms with Gasteiger partial charge >= 0.3 is 6.18 Å². The number of anilines is 1. The summed E-state index contributed by atoms with van der Waals surface area (Å²) in [5, 5.41) is 0.658. The van der Waals surface area contributed by atoms with Crippen LogP contribution in [0.5, 0.6) is 11.5 Å². The molecule has 0 aromatic heterocycles. The summed E-state index contributed by atoms with van der Waals surface area (Å²) in [6, 6.07) is 20.7. The average molecular weight is 447 g/mol. The van der Waals surface area contributed by atoms with Crippen molar-refractivity contribution in [3.05, 3.63) is 88.9 Å². The lowest BCUT2D eigenvalue weighted by atomic mass is 10.1. The van der Waals surface area contributed by atoms with E-state index in [1.165, 1.54) is 12.1 Å². The number of ether oxygens (including phenoxy) is 1. The molecule has 1 saturated heterocycles. The van der Waals surface area contributed by atoms with Gasteiger partial charge in [-0.25, -0.2) is 0 Å². The molecule has 7 heteroatoms. The van der Waals surface area contributed by atoms with Crippen LogP contribution in [0.25, 0.3) is 0 Å². The Balaban J connectivity index is 1.34. The standard InChI is InChI=1S/C24H22ClF3N2O/c25-20-7-9-22(10-8-20)31-23-6-1-3-18(15-23)17-29-11-13-30(14-12-29)21-5-2-4-19(16-21)24(26,27)28/h1-10,15-16H,11-14,17H2. The van der Waals surface area contributed by atoms with E-state index < -0.39 is 11.7 Å². The lowest BCUT2D eigenvalue weighted by Gasteiger charge is -2.36. The van der Waals surface area contributed by atoms with E-state index in [4.69, 9.17) is 16.3 Å². The summed E-state index contributed by atoms with van der Waals surface area (Å²) in [5.41, 5.74) is 1.14. The van der Waals surface area contributed by atoms with E-state index in [1.54, 1.807) is 18.2 Å². The van der Waals surface area contributed by atoms with Gasteiger partial charge in [0.2, 0.25) is 0 Å². The predicted octanol–water partition coefficient (Wildman–Crippen LogP) is 6.47. The van der Waals surface area contributed by atoms with Crippen LogP contribution in [0, 0.1) is 0 Å². The number of nitrogens with zero attached hydrogens (tertiary/aromatic N) is 2. The minimum Gasteiger partial charge on any atom is -0.457 e. The van der Waals surface area contributed by atoms with Gasteiger partial charge in [0.15, 0.2) is 0 Å². The molecule has 0 amide bonds. The Labute approximate surface area is 184 Å². The predicted molar refractivity (Wildman–Crippen MR) is 117 cm³/mol. The normalized spacial score (nSPS) is 15.2. The minimum atomic E-state index is -4.32. The molecule has 3 nitrogen and oxygen atoms in total. The lowest BCUT2D eigenvalue weighted by Crippen LogP contribution is -2.46. The van der Waals surface area contributed by atoms with Crippen LogP contribution >= 0.6 is 11.6 Å². The molecule has 0 atom stereocenters. The highest BCUT2D eigenvalue weighted by Gasteiger charge is 2.31. The topological polar surface area (TPSA) is 15.7 Å². The van der Waals surface area contributed by atoms with Gasteiger partial charge in [-0.2, -0.15) is 13.2 Å². The Morgan fingerprint density at radius 3 is 2.23 bits per heavy atom. The zero-order chi connectivity index (χ0) is 21.8. The highest BCUT2D eigenvalue weighted by atomic mass is 35.5. The van der Waals surface area contributed by atoms with Crippen molar-refractivity contribution in [2.45, 2.75) is 12.7 Å². The van der Waals surface area contributed by atoms with E-state index in [2.05, 4.69) is 4.90 Å². The Bertz CT molecular complexity index is 1020. The second-order valence-electron chi connectivity index (χ2n) is 7.51. The van der Waals surface area contributed by atoms with E-state index in [-0.39, 0.29) is 0 Å². The Morgan fingerprint density at radius 2 is 1.52 bits per heavy atom. The Hall–Kier alpha value is -2.70. The van der Waals surface area contributed by atoms with E-state index in [0.717, 1.165) is 42.8 Å². The van der Waals surface area contributed by atoms with Gasteiger partial charge in [-0.05, 0) is 60.2 Å². The zero-order valence-corrected chi connectivity index (χ0v) is 17.5. The van der Waals surface area contributed by atoms with Crippen molar-refractivity contribution in [2.75, 3.05) is 31.1 Å². The van der Waals surface area contributed by atoms with Gasteiger partial charge in [0.1, 0.15) is 11.5 Å². The maximum atomic E-state index is 13.0. The molecule has 3 aromatic carbocycles. The molecular weight excluding hydrogens is 425 g/mol. The van der Waals surface area contributed by atoms with Crippen molar-refractivity contribution in [2.24, 2.45) is 0 Å². The Morgan fingerprint density at radius 1 is 0.806 bits per heavy atom. The quantitative estimate of drug-likeness (QED) is 0.446. The van der Waals surface area contributed by atoms with Crippen molar-refractivity contribution in [3.63, 3.8) is 0 Å². The molecule has 3 aromatic rings. The summed E-state index contributed by atoms with van der Waals surface area (Å²) >= 11 is 5.91. The SMILES string of the molecule is FC(F)(F)c1cccc(N2CCN(Cc3cccc(Oc4ccc(Cl)cc4)c3)CC2)c1. The Kier molecular flexibility index (Phi) is 6.39. The summed E-state index contributed by atoms with van der Waals surface area (Å²) < 4.78 is 44.9. The molecule has 0 spiro atoms. The third-order valence-corrected chi connectivity index (χ3v) is 5.52.